The second-order valence-electron chi connectivity index (χ2n) is 4.60. The van der Waals surface area contributed by atoms with Gasteiger partial charge in [-0.2, -0.15) is 0 Å². The van der Waals surface area contributed by atoms with Crippen molar-refractivity contribution >= 4 is 17.9 Å². The summed E-state index contributed by atoms with van der Waals surface area (Å²) in [5, 5.41) is 13.7. The molecule has 2 rings (SSSR count). The maximum atomic E-state index is 11.8. The highest BCUT2D eigenvalue weighted by Crippen LogP contribution is 2.44. The van der Waals surface area contributed by atoms with Gasteiger partial charge in [0.15, 0.2) is 0 Å². The summed E-state index contributed by atoms with van der Waals surface area (Å²) in [4.78, 5) is 33.7. The molecule has 1 saturated carbocycles. The Labute approximate surface area is 92.4 Å². The third kappa shape index (κ3) is 1.64. The van der Waals surface area contributed by atoms with Gasteiger partial charge < -0.3 is 10.4 Å². The van der Waals surface area contributed by atoms with E-state index >= 15 is 0 Å². The number of carboxylic acid groups (broad SMARTS) is 1. The van der Waals surface area contributed by atoms with Crippen LogP contribution in [0.2, 0.25) is 0 Å². The first-order valence-corrected chi connectivity index (χ1v) is 5.32. The molecule has 1 aliphatic heterocycles. The molecule has 6 heteroatoms. The van der Waals surface area contributed by atoms with Crippen molar-refractivity contribution in [2.24, 2.45) is 11.8 Å². The lowest BCUT2D eigenvalue weighted by atomic mass is 9.84. The largest absolute Gasteiger partial charge is 0.481 e. The van der Waals surface area contributed by atoms with Crippen molar-refractivity contribution in [2.45, 2.75) is 31.7 Å². The van der Waals surface area contributed by atoms with Crippen molar-refractivity contribution < 1.29 is 19.5 Å². The zero-order valence-corrected chi connectivity index (χ0v) is 8.95. The molecule has 0 bridgehead atoms. The number of nitrogens with one attached hydrogen (secondary N) is 2. The van der Waals surface area contributed by atoms with Crippen LogP contribution in [-0.4, -0.2) is 28.6 Å². The summed E-state index contributed by atoms with van der Waals surface area (Å²) in [7, 11) is 0. The Kier molecular flexibility index (Phi) is 2.36. The molecule has 0 aromatic heterocycles. The molecule has 1 aliphatic carbocycles. The summed E-state index contributed by atoms with van der Waals surface area (Å²) < 4.78 is 0. The maximum absolute atomic E-state index is 11.8. The van der Waals surface area contributed by atoms with Crippen LogP contribution in [0.5, 0.6) is 0 Å². The standard InChI is InChI=1S/C10H14N2O4/c1-5(7(13)14)4-10(6-2-3-6)8(15)11-9(16)12-10/h5-6H,2-4H2,1H3,(H,13,14)(H2,11,12,15,16)/t5-,10-/m0/s1. The van der Waals surface area contributed by atoms with Gasteiger partial charge in [-0.05, 0) is 25.2 Å². The number of aliphatic carboxylic acids is 1. The molecule has 0 aromatic carbocycles. The van der Waals surface area contributed by atoms with Crippen LogP contribution in [0.15, 0.2) is 0 Å². The van der Waals surface area contributed by atoms with Crippen molar-refractivity contribution in [2.75, 3.05) is 0 Å². The van der Waals surface area contributed by atoms with Crippen molar-refractivity contribution in [3.8, 4) is 0 Å². The molecule has 3 amide bonds. The van der Waals surface area contributed by atoms with Crippen molar-refractivity contribution in [3.63, 3.8) is 0 Å². The summed E-state index contributed by atoms with van der Waals surface area (Å²) >= 11 is 0. The zero-order valence-electron chi connectivity index (χ0n) is 8.95. The van der Waals surface area contributed by atoms with Crippen molar-refractivity contribution in [3.05, 3.63) is 0 Å². The van der Waals surface area contributed by atoms with Gasteiger partial charge in [0.1, 0.15) is 5.54 Å². The SMILES string of the molecule is C[C@@H](C[C@@]1(C2CC2)NC(=O)NC1=O)C(=O)O. The highest BCUT2D eigenvalue weighted by molar-refractivity contribution is 6.07. The van der Waals surface area contributed by atoms with E-state index in [1.54, 1.807) is 6.92 Å². The molecule has 2 fully saturated rings. The monoisotopic (exact) mass is 226 g/mol. The molecular weight excluding hydrogens is 212 g/mol. The van der Waals surface area contributed by atoms with Gasteiger partial charge in [0.2, 0.25) is 0 Å². The van der Waals surface area contributed by atoms with E-state index in [2.05, 4.69) is 10.6 Å². The Morgan fingerprint density at radius 2 is 2.19 bits per heavy atom. The van der Waals surface area contributed by atoms with Crippen LogP contribution < -0.4 is 10.6 Å². The lowest BCUT2D eigenvalue weighted by molar-refractivity contribution is -0.142. The highest BCUT2D eigenvalue weighted by Gasteiger charge is 2.56. The normalized spacial score (nSPS) is 30.8. The summed E-state index contributed by atoms with van der Waals surface area (Å²) in [6, 6.07) is -0.519. The fourth-order valence-electron chi connectivity index (χ4n) is 2.25. The van der Waals surface area contributed by atoms with Crippen LogP contribution in [-0.2, 0) is 9.59 Å². The van der Waals surface area contributed by atoms with E-state index in [-0.39, 0.29) is 18.2 Å². The lowest BCUT2D eigenvalue weighted by Gasteiger charge is -2.27. The predicted octanol–water partition coefficient (Wildman–Crippen LogP) is 0.0854. The van der Waals surface area contributed by atoms with E-state index < -0.39 is 23.5 Å². The number of carbonyl (C=O) groups is 3. The average molecular weight is 226 g/mol. The minimum atomic E-state index is -0.991. The first-order valence-electron chi connectivity index (χ1n) is 5.32. The molecule has 0 radical (unpaired) electrons. The Balaban J connectivity index is 2.19. The second kappa shape index (κ2) is 3.47. The van der Waals surface area contributed by atoms with Gasteiger partial charge in [-0.3, -0.25) is 14.9 Å². The van der Waals surface area contributed by atoms with Gasteiger partial charge in [0, 0.05) is 0 Å². The Bertz CT molecular complexity index is 364. The number of carboxylic acids is 1. The van der Waals surface area contributed by atoms with Gasteiger partial charge in [-0.25, -0.2) is 4.79 Å². The molecule has 0 spiro atoms. The lowest BCUT2D eigenvalue weighted by Crippen LogP contribution is -2.50. The molecule has 0 aromatic rings. The van der Waals surface area contributed by atoms with E-state index in [1.807, 2.05) is 0 Å². The minimum absolute atomic E-state index is 0.0840. The topological polar surface area (TPSA) is 95.5 Å². The molecular formula is C10H14N2O4. The van der Waals surface area contributed by atoms with Crippen LogP contribution in [0.3, 0.4) is 0 Å². The van der Waals surface area contributed by atoms with E-state index in [9.17, 15) is 14.4 Å². The molecule has 0 unspecified atom stereocenters. The first kappa shape index (κ1) is 10.9. The van der Waals surface area contributed by atoms with Gasteiger partial charge in [-0.1, -0.05) is 6.92 Å². The van der Waals surface area contributed by atoms with Crippen LogP contribution in [0.4, 0.5) is 4.79 Å². The summed E-state index contributed by atoms with van der Waals surface area (Å²) in [6.07, 6.45) is 1.88. The van der Waals surface area contributed by atoms with Crippen LogP contribution >= 0.6 is 0 Å². The number of amides is 3. The summed E-state index contributed by atoms with van der Waals surface area (Å²) in [5.74, 6) is -1.90. The van der Waals surface area contributed by atoms with Crippen LogP contribution in [0.25, 0.3) is 0 Å². The van der Waals surface area contributed by atoms with Crippen molar-refractivity contribution in [1.82, 2.24) is 10.6 Å². The second-order valence-corrected chi connectivity index (χ2v) is 4.60. The third-order valence-corrected chi connectivity index (χ3v) is 3.29. The predicted molar refractivity (Wildman–Crippen MR) is 53.5 cm³/mol. The average Bonchev–Trinajstić information content (AvgIpc) is 2.95. The van der Waals surface area contributed by atoms with E-state index in [1.165, 1.54) is 0 Å². The molecule has 6 nitrogen and oxygen atoms in total. The van der Waals surface area contributed by atoms with Gasteiger partial charge in [0.25, 0.3) is 5.91 Å². The van der Waals surface area contributed by atoms with E-state index in [4.69, 9.17) is 5.11 Å². The smallest absolute Gasteiger partial charge is 0.322 e. The fourth-order valence-corrected chi connectivity index (χ4v) is 2.25. The molecule has 88 valence electrons. The summed E-state index contributed by atoms with van der Waals surface area (Å²) in [6.45, 7) is 1.55. The van der Waals surface area contributed by atoms with Gasteiger partial charge >= 0.3 is 12.0 Å². The van der Waals surface area contributed by atoms with Gasteiger partial charge in [-0.15, -0.1) is 0 Å². The molecule has 2 atom stereocenters. The molecule has 2 aliphatic rings. The third-order valence-electron chi connectivity index (χ3n) is 3.29. The Morgan fingerprint density at radius 1 is 1.56 bits per heavy atom. The Morgan fingerprint density at radius 3 is 2.56 bits per heavy atom. The molecule has 1 heterocycles. The zero-order chi connectivity index (χ0) is 11.9. The molecule has 16 heavy (non-hydrogen) atoms. The summed E-state index contributed by atoms with van der Waals surface area (Å²) in [5.41, 5.74) is -0.991. The number of imide groups is 1. The quantitative estimate of drug-likeness (QED) is 0.592. The number of carbonyl (C=O) groups excluding carboxylic acids is 2. The maximum Gasteiger partial charge on any atom is 0.322 e. The fraction of sp³-hybridized carbons (Fsp3) is 0.700. The molecule has 1 saturated heterocycles. The van der Waals surface area contributed by atoms with Crippen molar-refractivity contribution in [1.29, 1.82) is 0 Å². The van der Waals surface area contributed by atoms with E-state index in [0.29, 0.717) is 0 Å². The van der Waals surface area contributed by atoms with Gasteiger partial charge in [0.05, 0.1) is 5.92 Å². The molecule has 3 N–H and O–H groups in total. The number of rotatable bonds is 4. The highest BCUT2D eigenvalue weighted by atomic mass is 16.4. The minimum Gasteiger partial charge on any atom is -0.481 e. The first-order chi connectivity index (χ1) is 7.45. The van der Waals surface area contributed by atoms with E-state index in [0.717, 1.165) is 12.8 Å². The number of urea groups is 1. The number of hydrogen-bond donors (Lipinski definition) is 3. The van der Waals surface area contributed by atoms with Crippen LogP contribution in [0, 0.1) is 11.8 Å². The number of hydrogen-bond acceptors (Lipinski definition) is 3. The Hall–Kier alpha value is -1.59. The van der Waals surface area contributed by atoms with Crippen LogP contribution in [0.1, 0.15) is 26.2 Å².